The predicted octanol–water partition coefficient (Wildman–Crippen LogP) is 15.2. The minimum absolute atomic E-state index is 0.389. The third-order valence-corrected chi connectivity index (χ3v) is 14.5. The summed E-state index contributed by atoms with van der Waals surface area (Å²) in [4.78, 5) is 4.74. The Balaban J connectivity index is 0.894. The van der Waals surface area contributed by atoms with Crippen molar-refractivity contribution in [2.45, 2.75) is 43.9 Å². The van der Waals surface area contributed by atoms with Gasteiger partial charge in [0, 0.05) is 42.9 Å². The van der Waals surface area contributed by atoms with Crippen molar-refractivity contribution in [2.24, 2.45) is 17.8 Å². The number of para-hydroxylation sites is 4. The lowest BCUT2D eigenvalue weighted by Gasteiger charge is -2.57. The molecule has 0 N–H and O–H groups in total. The summed E-state index contributed by atoms with van der Waals surface area (Å²) >= 11 is 1.88. The molecule has 0 radical (unpaired) electrons. The second-order valence-electron chi connectivity index (χ2n) is 16.8. The Hall–Kier alpha value is -5.84. The van der Waals surface area contributed by atoms with E-state index < -0.39 is 0 Å². The Labute approximate surface area is 332 Å². The van der Waals surface area contributed by atoms with Crippen LogP contribution >= 0.6 is 11.3 Å². The van der Waals surface area contributed by atoms with Crippen LogP contribution in [0.3, 0.4) is 0 Å². The van der Waals surface area contributed by atoms with Gasteiger partial charge in [-0.15, -0.1) is 11.3 Å². The number of rotatable bonds is 6. The molecule has 0 saturated heterocycles. The highest BCUT2D eigenvalue weighted by atomic mass is 32.1. The minimum Gasteiger partial charge on any atom is -0.453 e. The van der Waals surface area contributed by atoms with E-state index in [9.17, 15) is 0 Å². The van der Waals surface area contributed by atoms with Gasteiger partial charge in [0.15, 0.2) is 11.5 Å². The predicted molar refractivity (Wildman–Crippen MR) is 234 cm³/mol. The zero-order chi connectivity index (χ0) is 36.8. The van der Waals surface area contributed by atoms with Gasteiger partial charge in [-0.25, -0.2) is 0 Å². The van der Waals surface area contributed by atoms with E-state index in [-0.39, 0.29) is 0 Å². The molecule has 3 nitrogen and oxygen atoms in total. The first-order chi connectivity index (χ1) is 27.6. The smallest absolute Gasteiger partial charge is 0.151 e. The van der Waals surface area contributed by atoms with Gasteiger partial charge < -0.3 is 14.5 Å². The molecule has 0 atom stereocenters. The van der Waals surface area contributed by atoms with Gasteiger partial charge in [0.05, 0.1) is 11.4 Å². The van der Waals surface area contributed by atoms with Crippen LogP contribution in [-0.4, -0.2) is 0 Å². The maximum Gasteiger partial charge on any atom is 0.151 e. The zero-order valence-electron chi connectivity index (χ0n) is 31.3. The molecule has 4 fully saturated rings. The molecular weight excluding hydrogens is 701 g/mol. The number of hydrogen-bond donors (Lipinski definition) is 0. The van der Waals surface area contributed by atoms with Crippen LogP contribution in [0.15, 0.2) is 164 Å². The molecule has 1 aromatic heterocycles. The molecule has 4 heteroatoms. The summed E-state index contributed by atoms with van der Waals surface area (Å²) in [5.41, 5.74) is 11.1. The molecule has 7 aromatic carbocycles. The van der Waals surface area contributed by atoms with Gasteiger partial charge in [-0.3, -0.25) is 0 Å². The van der Waals surface area contributed by atoms with Crippen LogP contribution in [0.2, 0.25) is 0 Å². The molecule has 272 valence electrons. The molecule has 4 bridgehead atoms. The normalized spacial score (nSPS) is 21.9. The topological polar surface area (TPSA) is 15.7 Å². The summed E-state index contributed by atoms with van der Waals surface area (Å²) in [6, 6.07) is 60.1. The van der Waals surface area contributed by atoms with Gasteiger partial charge in [0.25, 0.3) is 0 Å². The van der Waals surface area contributed by atoms with Gasteiger partial charge in [-0.05, 0) is 157 Å². The summed E-state index contributed by atoms with van der Waals surface area (Å²) in [6.07, 6.45) is 8.59. The molecule has 1 aliphatic heterocycles. The van der Waals surface area contributed by atoms with Crippen LogP contribution in [0.4, 0.5) is 34.1 Å². The van der Waals surface area contributed by atoms with Gasteiger partial charge in [0.1, 0.15) is 0 Å². The molecular formula is C52H42N2OS. The minimum atomic E-state index is 0.389. The lowest BCUT2D eigenvalue weighted by molar-refractivity contribution is -0.00518. The highest BCUT2D eigenvalue weighted by Crippen LogP contribution is 2.61. The number of thiophene rings is 1. The number of ether oxygens (including phenoxy) is 1. The highest BCUT2D eigenvalue weighted by Gasteiger charge is 2.51. The number of fused-ring (bicyclic) bond motifs is 5. The first-order valence-corrected chi connectivity index (χ1v) is 21.1. The number of nitrogens with zero attached hydrogens (tertiary/aromatic N) is 2. The van der Waals surface area contributed by atoms with Gasteiger partial charge in [-0.2, -0.15) is 0 Å². The summed E-state index contributed by atoms with van der Waals surface area (Å²) in [7, 11) is 0. The van der Waals surface area contributed by atoms with Crippen molar-refractivity contribution in [1.29, 1.82) is 0 Å². The Morgan fingerprint density at radius 3 is 1.66 bits per heavy atom. The van der Waals surface area contributed by atoms with E-state index >= 15 is 0 Å². The van der Waals surface area contributed by atoms with Crippen LogP contribution in [0, 0.1) is 17.8 Å². The van der Waals surface area contributed by atoms with E-state index in [1.807, 2.05) is 35.6 Å². The average molecular weight is 743 g/mol. The summed E-state index contributed by atoms with van der Waals surface area (Å²) < 4.78 is 8.92. The van der Waals surface area contributed by atoms with E-state index in [0.29, 0.717) is 5.41 Å². The van der Waals surface area contributed by atoms with Crippen molar-refractivity contribution >= 4 is 65.6 Å². The van der Waals surface area contributed by atoms with Crippen molar-refractivity contribution < 1.29 is 4.74 Å². The third kappa shape index (κ3) is 5.23. The van der Waals surface area contributed by atoms with E-state index in [1.165, 1.54) is 81.2 Å². The molecule has 0 unspecified atom stereocenters. The summed E-state index contributed by atoms with van der Waals surface area (Å²) in [5.74, 6) is 4.54. The maximum atomic E-state index is 6.26. The maximum absolute atomic E-state index is 6.26. The Morgan fingerprint density at radius 2 is 1.02 bits per heavy atom. The molecule has 0 spiro atoms. The van der Waals surface area contributed by atoms with Crippen LogP contribution in [0.25, 0.3) is 31.3 Å². The van der Waals surface area contributed by atoms with E-state index in [0.717, 1.165) is 52.0 Å². The van der Waals surface area contributed by atoms with Crippen LogP contribution in [0.1, 0.15) is 44.1 Å². The van der Waals surface area contributed by atoms with Gasteiger partial charge >= 0.3 is 0 Å². The number of hydrogen-bond acceptors (Lipinski definition) is 4. The molecule has 0 amide bonds. The Morgan fingerprint density at radius 1 is 0.500 bits per heavy atom. The fourth-order valence-corrected chi connectivity index (χ4v) is 12.5. The molecule has 13 rings (SSSR count). The quantitative estimate of drug-likeness (QED) is 0.169. The van der Waals surface area contributed by atoms with Gasteiger partial charge in [-0.1, -0.05) is 84.9 Å². The van der Waals surface area contributed by atoms with Crippen LogP contribution < -0.4 is 14.5 Å². The van der Waals surface area contributed by atoms with Crippen molar-refractivity contribution in [3.05, 3.63) is 169 Å². The van der Waals surface area contributed by atoms with Crippen molar-refractivity contribution in [2.75, 3.05) is 9.80 Å². The van der Waals surface area contributed by atoms with Crippen molar-refractivity contribution in [1.82, 2.24) is 0 Å². The fourth-order valence-electron chi connectivity index (χ4n) is 11.3. The largest absolute Gasteiger partial charge is 0.453 e. The Kier molecular flexibility index (Phi) is 7.29. The first-order valence-electron chi connectivity index (χ1n) is 20.3. The number of anilines is 6. The van der Waals surface area contributed by atoms with Crippen molar-refractivity contribution in [3.8, 4) is 22.6 Å². The monoisotopic (exact) mass is 742 g/mol. The fraction of sp³-hybridized carbons (Fsp3) is 0.192. The second kappa shape index (κ2) is 12.6. The SMILES string of the molecule is c1ccc2c(c1)Oc1ccccc1N2c1ccc(-c2ccc(N(c3ccc(C45CC6CC(CC(C6)C4)C5)cc3)c3ccc4c(c3)sc3ccccc34)cc2)cc1. The standard InChI is InChI=1S/C52H42N2OS/c1-6-12-50-44(7-1)45-26-25-43(30-51(45)56-50)53(41-23-17-39(18-24-41)52-31-34-27-35(32-52)29-36(28-34)33-52)40-19-13-37(14-20-40)38-15-21-42(22-16-38)54-46-8-2-4-10-48(46)55-49-11-5-3-9-47(49)54/h1-26,30,34-36H,27-29,31-33H2. The first kappa shape index (κ1) is 32.4. The van der Waals surface area contributed by atoms with E-state index in [2.05, 4.69) is 149 Å². The highest BCUT2D eigenvalue weighted by molar-refractivity contribution is 7.25. The van der Waals surface area contributed by atoms with Crippen LogP contribution in [-0.2, 0) is 5.41 Å². The zero-order valence-corrected chi connectivity index (χ0v) is 32.1. The van der Waals surface area contributed by atoms with E-state index in [4.69, 9.17) is 4.74 Å². The lowest BCUT2D eigenvalue weighted by atomic mass is 9.48. The summed E-state index contributed by atoms with van der Waals surface area (Å²) in [5, 5.41) is 2.66. The van der Waals surface area contributed by atoms with E-state index in [1.54, 1.807) is 5.56 Å². The van der Waals surface area contributed by atoms with Gasteiger partial charge in [0.2, 0.25) is 0 Å². The van der Waals surface area contributed by atoms with Crippen molar-refractivity contribution in [3.63, 3.8) is 0 Å². The molecule has 56 heavy (non-hydrogen) atoms. The molecule has 5 aliphatic rings. The molecule has 8 aromatic rings. The lowest BCUT2D eigenvalue weighted by Crippen LogP contribution is -2.48. The second-order valence-corrected chi connectivity index (χ2v) is 17.9. The van der Waals surface area contributed by atoms with Crippen LogP contribution in [0.5, 0.6) is 11.5 Å². The molecule has 4 aliphatic carbocycles. The Bertz CT molecular complexity index is 2680. The number of benzene rings is 7. The average Bonchev–Trinajstić information content (AvgIpc) is 3.61. The molecule has 2 heterocycles. The third-order valence-electron chi connectivity index (χ3n) is 13.4. The summed E-state index contributed by atoms with van der Waals surface area (Å²) in [6.45, 7) is 0. The molecule has 4 saturated carbocycles.